The van der Waals surface area contributed by atoms with Crippen LogP contribution in [-0.4, -0.2) is 23.7 Å². The zero-order valence-electron chi connectivity index (χ0n) is 8.24. The van der Waals surface area contributed by atoms with Gasteiger partial charge in [-0.1, -0.05) is 6.07 Å². The first-order valence-corrected chi connectivity index (χ1v) is 4.38. The van der Waals surface area contributed by atoms with Crippen molar-refractivity contribution in [2.75, 3.05) is 6.61 Å². The minimum atomic E-state index is -1.18. The molecule has 0 heterocycles. The van der Waals surface area contributed by atoms with Crippen LogP contribution >= 0.6 is 0 Å². The first-order valence-electron chi connectivity index (χ1n) is 4.38. The number of hydrogen-bond donors (Lipinski definition) is 2. The topological polar surface area (TPSA) is 72.5 Å². The average Bonchev–Trinajstić information content (AvgIpc) is 2.18. The maximum Gasteiger partial charge on any atom is 0.324 e. The minimum absolute atomic E-state index is 0.0201. The first kappa shape index (κ1) is 11.5. The van der Waals surface area contributed by atoms with E-state index >= 15 is 0 Å². The largest absolute Gasteiger partial charge is 0.488 e. The SMILES string of the molecule is Cc1ccc(F)c(OC[C@H](N)C(=O)O)c1. The molecule has 0 aliphatic carbocycles. The molecule has 4 nitrogen and oxygen atoms in total. The van der Waals surface area contributed by atoms with E-state index in [0.29, 0.717) is 0 Å². The van der Waals surface area contributed by atoms with Crippen LogP contribution in [0.25, 0.3) is 0 Å². The Morgan fingerprint density at radius 2 is 2.33 bits per heavy atom. The second-order valence-corrected chi connectivity index (χ2v) is 3.19. The van der Waals surface area contributed by atoms with E-state index in [1.165, 1.54) is 12.1 Å². The van der Waals surface area contributed by atoms with Crippen LogP contribution in [0.3, 0.4) is 0 Å². The highest BCUT2D eigenvalue weighted by atomic mass is 19.1. The van der Waals surface area contributed by atoms with E-state index in [9.17, 15) is 9.18 Å². The molecule has 0 saturated heterocycles. The molecule has 15 heavy (non-hydrogen) atoms. The first-order chi connectivity index (χ1) is 7.00. The Bertz CT molecular complexity index is 368. The van der Waals surface area contributed by atoms with E-state index in [1.54, 1.807) is 13.0 Å². The summed E-state index contributed by atoms with van der Waals surface area (Å²) in [6, 6.07) is 3.20. The summed E-state index contributed by atoms with van der Waals surface area (Å²) >= 11 is 0. The number of carboxylic acids is 1. The monoisotopic (exact) mass is 213 g/mol. The van der Waals surface area contributed by atoms with Crippen molar-refractivity contribution in [3.05, 3.63) is 29.6 Å². The number of aryl methyl sites for hydroxylation is 1. The molecule has 0 aliphatic rings. The van der Waals surface area contributed by atoms with Gasteiger partial charge in [-0.15, -0.1) is 0 Å². The van der Waals surface area contributed by atoms with Gasteiger partial charge in [-0.05, 0) is 24.6 Å². The zero-order chi connectivity index (χ0) is 11.4. The van der Waals surface area contributed by atoms with E-state index in [1.807, 2.05) is 0 Å². The molecule has 1 rings (SSSR count). The molecule has 5 heteroatoms. The summed E-state index contributed by atoms with van der Waals surface area (Å²) in [7, 11) is 0. The van der Waals surface area contributed by atoms with Gasteiger partial charge in [0.1, 0.15) is 12.6 Å². The second kappa shape index (κ2) is 4.75. The van der Waals surface area contributed by atoms with Crippen molar-refractivity contribution in [1.82, 2.24) is 0 Å². The highest BCUT2D eigenvalue weighted by molar-refractivity contribution is 5.73. The number of carboxylic acid groups (broad SMARTS) is 1. The molecule has 82 valence electrons. The molecule has 3 N–H and O–H groups in total. The van der Waals surface area contributed by atoms with Crippen molar-refractivity contribution >= 4 is 5.97 Å². The Morgan fingerprint density at radius 3 is 2.93 bits per heavy atom. The molecule has 0 spiro atoms. The average molecular weight is 213 g/mol. The molecule has 0 fully saturated rings. The van der Waals surface area contributed by atoms with Gasteiger partial charge in [0.25, 0.3) is 0 Å². The van der Waals surface area contributed by atoms with Crippen LogP contribution in [0.2, 0.25) is 0 Å². The molecule has 0 bridgehead atoms. The molecule has 0 aromatic heterocycles. The summed E-state index contributed by atoms with van der Waals surface area (Å²) < 4.78 is 18.1. The van der Waals surface area contributed by atoms with E-state index in [-0.39, 0.29) is 12.4 Å². The fourth-order valence-corrected chi connectivity index (χ4v) is 0.972. The van der Waals surface area contributed by atoms with E-state index in [2.05, 4.69) is 0 Å². The van der Waals surface area contributed by atoms with Crippen LogP contribution < -0.4 is 10.5 Å². The summed E-state index contributed by atoms with van der Waals surface area (Å²) in [4.78, 5) is 10.4. The van der Waals surface area contributed by atoms with Crippen LogP contribution in [0.5, 0.6) is 5.75 Å². The lowest BCUT2D eigenvalue weighted by atomic mass is 10.2. The molecular weight excluding hydrogens is 201 g/mol. The second-order valence-electron chi connectivity index (χ2n) is 3.19. The Hall–Kier alpha value is -1.62. The predicted octanol–water partition coefficient (Wildman–Crippen LogP) is 0.925. The van der Waals surface area contributed by atoms with Gasteiger partial charge in [-0.3, -0.25) is 4.79 Å². The summed E-state index contributed by atoms with van der Waals surface area (Å²) in [5.74, 6) is -1.69. The molecular formula is C10H12FNO3. The van der Waals surface area contributed by atoms with Crippen LogP contribution in [0, 0.1) is 12.7 Å². The van der Waals surface area contributed by atoms with Gasteiger partial charge in [0.2, 0.25) is 0 Å². The third kappa shape index (κ3) is 3.21. The molecule has 0 saturated carbocycles. The quantitative estimate of drug-likeness (QED) is 0.780. The lowest BCUT2D eigenvalue weighted by Crippen LogP contribution is -2.36. The lowest BCUT2D eigenvalue weighted by Gasteiger charge is -2.10. The molecule has 0 amide bonds. The third-order valence-electron chi connectivity index (χ3n) is 1.82. The molecule has 1 aromatic rings. The Morgan fingerprint density at radius 1 is 1.67 bits per heavy atom. The number of halogens is 1. The van der Waals surface area contributed by atoms with Gasteiger partial charge < -0.3 is 15.6 Å². The Labute approximate surface area is 86.5 Å². The lowest BCUT2D eigenvalue weighted by molar-refractivity contribution is -0.139. The standard InChI is InChI=1S/C10H12FNO3/c1-6-2-3-7(11)9(4-6)15-5-8(12)10(13)14/h2-4,8H,5,12H2,1H3,(H,13,14)/t8-/m0/s1. The minimum Gasteiger partial charge on any atom is -0.488 e. The van der Waals surface area contributed by atoms with Gasteiger partial charge in [0.05, 0.1) is 0 Å². The number of aliphatic carboxylic acids is 1. The number of rotatable bonds is 4. The van der Waals surface area contributed by atoms with Crippen LogP contribution in [0.4, 0.5) is 4.39 Å². The molecule has 0 radical (unpaired) electrons. The Balaban J connectivity index is 2.65. The molecule has 1 atom stereocenters. The summed E-state index contributed by atoms with van der Waals surface area (Å²) in [6.07, 6.45) is 0. The van der Waals surface area contributed by atoms with Gasteiger partial charge in [-0.25, -0.2) is 4.39 Å². The highest BCUT2D eigenvalue weighted by Gasteiger charge is 2.13. The Kier molecular flexibility index (Phi) is 3.62. The van der Waals surface area contributed by atoms with Gasteiger partial charge >= 0.3 is 5.97 Å². The van der Waals surface area contributed by atoms with Crippen molar-refractivity contribution in [2.45, 2.75) is 13.0 Å². The summed E-state index contributed by atoms with van der Waals surface area (Å²) in [6.45, 7) is 1.53. The molecule has 0 aliphatic heterocycles. The van der Waals surface area contributed by atoms with E-state index in [0.717, 1.165) is 5.56 Å². The molecule has 1 aromatic carbocycles. The summed E-state index contributed by atoms with van der Waals surface area (Å²) in [5.41, 5.74) is 6.03. The van der Waals surface area contributed by atoms with Crippen molar-refractivity contribution in [1.29, 1.82) is 0 Å². The van der Waals surface area contributed by atoms with Crippen molar-refractivity contribution in [3.8, 4) is 5.75 Å². The number of ether oxygens (including phenoxy) is 1. The number of carbonyl (C=O) groups is 1. The number of nitrogens with two attached hydrogens (primary N) is 1. The van der Waals surface area contributed by atoms with E-state index < -0.39 is 17.8 Å². The van der Waals surface area contributed by atoms with Gasteiger partial charge in [-0.2, -0.15) is 0 Å². The highest BCUT2D eigenvalue weighted by Crippen LogP contribution is 2.18. The fraction of sp³-hybridized carbons (Fsp3) is 0.300. The molecule has 0 unspecified atom stereocenters. The van der Waals surface area contributed by atoms with Crippen molar-refractivity contribution < 1.29 is 19.0 Å². The van der Waals surface area contributed by atoms with Crippen molar-refractivity contribution in [3.63, 3.8) is 0 Å². The van der Waals surface area contributed by atoms with E-state index in [4.69, 9.17) is 15.6 Å². The predicted molar refractivity (Wildman–Crippen MR) is 52.2 cm³/mol. The maximum absolute atomic E-state index is 13.1. The number of benzene rings is 1. The third-order valence-corrected chi connectivity index (χ3v) is 1.82. The van der Waals surface area contributed by atoms with Crippen LogP contribution in [0.1, 0.15) is 5.56 Å². The summed E-state index contributed by atoms with van der Waals surface area (Å²) in [5, 5.41) is 8.49. The van der Waals surface area contributed by atoms with Crippen molar-refractivity contribution in [2.24, 2.45) is 5.73 Å². The zero-order valence-corrected chi connectivity index (χ0v) is 8.24. The van der Waals surface area contributed by atoms with Crippen LogP contribution in [-0.2, 0) is 4.79 Å². The number of hydrogen-bond acceptors (Lipinski definition) is 3. The maximum atomic E-state index is 13.1. The van der Waals surface area contributed by atoms with Crippen LogP contribution in [0.15, 0.2) is 18.2 Å². The van der Waals surface area contributed by atoms with Gasteiger partial charge in [0.15, 0.2) is 11.6 Å². The van der Waals surface area contributed by atoms with Gasteiger partial charge in [0, 0.05) is 0 Å². The fourth-order valence-electron chi connectivity index (χ4n) is 0.972. The smallest absolute Gasteiger partial charge is 0.324 e. The normalized spacial score (nSPS) is 12.2.